The summed E-state index contributed by atoms with van der Waals surface area (Å²) in [6.45, 7) is 1.60. The van der Waals surface area contributed by atoms with E-state index in [1.165, 1.54) is 32.1 Å². The van der Waals surface area contributed by atoms with Gasteiger partial charge in [0.1, 0.15) is 12.2 Å². The number of hydrogen-bond donors (Lipinski definition) is 0. The summed E-state index contributed by atoms with van der Waals surface area (Å²) in [5.41, 5.74) is 0. The molecule has 1 fully saturated rings. The van der Waals surface area contributed by atoms with Crippen LogP contribution in [0.2, 0.25) is 0 Å². The molecule has 4 nitrogen and oxygen atoms in total. The summed E-state index contributed by atoms with van der Waals surface area (Å²) in [7, 11) is 1.72. The van der Waals surface area contributed by atoms with Crippen molar-refractivity contribution in [3.8, 4) is 0 Å². The molecule has 1 aliphatic rings. The van der Waals surface area contributed by atoms with Crippen LogP contribution in [0.25, 0.3) is 0 Å². The van der Waals surface area contributed by atoms with Gasteiger partial charge >= 0.3 is 0 Å². The van der Waals surface area contributed by atoms with Crippen LogP contribution in [0.4, 0.5) is 0 Å². The predicted molar refractivity (Wildman–Crippen MR) is 62.2 cm³/mol. The van der Waals surface area contributed by atoms with Crippen molar-refractivity contribution < 1.29 is 4.74 Å². The first-order valence-electron chi connectivity index (χ1n) is 6.26. The van der Waals surface area contributed by atoms with Gasteiger partial charge < -0.3 is 9.30 Å². The summed E-state index contributed by atoms with van der Waals surface area (Å²) < 4.78 is 7.18. The Balaban J connectivity index is 1.80. The van der Waals surface area contributed by atoms with Gasteiger partial charge in [0.2, 0.25) is 0 Å². The molecule has 1 aliphatic carbocycles. The number of nitrogens with zero attached hydrogens (tertiary/aromatic N) is 3. The first-order valence-corrected chi connectivity index (χ1v) is 6.26. The molecule has 1 aromatic heterocycles. The Labute approximate surface area is 97.0 Å². The van der Waals surface area contributed by atoms with Crippen LogP contribution in [-0.2, 0) is 17.7 Å². The van der Waals surface area contributed by atoms with Crippen molar-refractivity contribution in [1.29, 1.82) is 0 Å². The predicted octanol–water partition coefficient (Wildman–Crippen LogP) is 2.05. The summed E-state index contributed by atoms with van der Waals surface area (Å²) >= 11 is 0. The molecule has 4 heteroatoms. The third-order valence-electron chi connectivity index (χ3n) is 3.48. The van der Waals surface area contributed by atoms with Gasteiger partial charge in [-0.1, -0.05) is 25.7 Å². The van der Waals surface area contributed by atoms with Gasteiger partial charge in [0, 0.05) is 20.1 Å². The van der Waals surface area contributed by atoms with Gasteiger partial charge in [-0.3, -0.25) is 0 Å². The lowest BCUT2D eigenvalue weighted by Crippen LogP contribution is -2.09. The van der Waals surface area contributed by atoms with Gasteiger partial charge in [-0.25, -0.2) is 0 Å². The zero-order chi connectivity index (χ0) is 11.2. The number of aryl methyl sites for hydroxylation is 1. The summed E-state index contributed by atoms with van der Waals surface area (Å²) in [5.74, 6) is 2.04. The molecule has 0 spiro atoms. The van der Waals surface area contributed by atoms with Gasteiger partial charge in [0.25, 0.3) is 0 Å². The minimum Gasteiger partial charge on any atom is -0.383 e. The largest absolute Gasteiger partial charge is 0.383 e. The summed E-state index contributed by atoms with van der Waals surface area (Å²) in [6, 6.07) is 0. The maximum absolute atomic E-state index is 5.07. The molecule has 2 rings (SSSR count). The van der Waals surface area contributed by atoms with Crippen LogP contribution in [0, 0.1) is 5.92 Å². The highest BCUT2D eigenvalue weighted by Crippen LogP contribution is 2.28. The fourth-order valence-electron chi connectivity index (χ4n) is 2.48. The first-order chi connectivity index (χ1) is 7.90. The molecule has 0 saturated heterocycles. The highest BCUT2D eigenvalue weighted by atomic mass is 16.5. The van der Waals surface area contributed by atoms with E-state index in [1.807, 2.05) is 6.33 Å². The van der Waals surface area contributed by atoms with Crippen molar-refractivity contribution in [3.05, 3.63) is 12.2 Å². The first kappa shape index (κ1) is 11.6. The second-order valence-corrected chi connectivity index (χ2v) is 4.62. The highest BCUT2D eigenvalue weighted by Gasteiger charge is 2.15. The van der Waals surface area contributed by atoms with Crippen molar-refractivity contribution in [2.45, 2.75) is 45.1 Å². The molecule has 0 aliphatic heterocycles. The fourth-order valence-corrected chi connectivity index (χ4v) is 2.48. The number of methoxy groups -OCH3 is 1. The Morgan fingerprint density at radius 1 is 1.44 bits per heavy atom. The normalized spacial score (nSPS) is 17.1. The molecule has 1 aromatic rings. The van der Waals surface area contributed by atoms with E-state index in [-0.39, 0.29) is 0 Å². The van der Waals surface area contributed by atoms with Gasteiger partial charge in [-0.2, -0.15) is 0 Å². The third kappa shape index (κ3) is 3.04. The van der Waals surface area contributed by atoms with E-state index >= 15 is 0 Å². The van der Waals surface area contributed by atoms with Crippen molar-refractivity contribution in [1.82, 2.24) is 14.8 Å². The van der Waals surface area contributed by atoms with Crippen molar-refractivity contribution >= 4 is 0 Å². The van der Waals surface area contributed by atoms with E-state index in [9.17, 15) is 0 Å². The van der Waals surface area contributed by atoms with Crippen LogP contribution in [0.15, 0.2) is 6.33 Å². The molecular formula is C12H21N3O. The second kappa shape index (κ2) is 5.99. The quantitative estimate of drug-likeness (QED) is 0.741. The van der Waals surface area contributed by atoms with E-state index in [0.29, 0.717) is 0 Å². The fraction of sp³-hybridized carbons (Fsp3) is 0.833. The van der Waals surface area contributed by atoms with Crippen molar-refractivity contribution in [2.24, 2.45) is 5.92 Å². The average Bonchev–Trinajstić information content (AvgIpc) is 2.94. The molecule has 0 N–H and O–H groups in total. The standard InChI is InChI=1S/C12H21N3O/c1-16-9-8-15-10-13-14-12(15)7-6-11-4-2-3-5-11/h10-11H,2-9H2,1H3. The number of ether oxygens (including phenoxy) is 1. The lowest BCUT2D eigenvalue weighted by atomic mass is 10.0. The summed E-state index contributed by atoms with van der Waals surface area (Å²) in [4.78, 5) is 0. The summed E-state index contributed by atoms with van der Waals surface area (Å²) in [6.07, 6.45) is 9.80. The van der Waals surface area contributed by atoms with E-state index in [0.717, 1.165) is 31.3 Å². The van der Waals surface area contributed by atoms with E-state index in [1.54, 1.807) is 7.11 Å². The SMILES string of the molecule is COCCn1cnnc1CCC1CCCC1. The van der Waals surface area contributed by atoms with Gasteiger partial charge in [-0.05, 0) is 12.3 Å². The van der Waals surface area contributed by atoms with Crippen molar-refractivity contribution in [2.75, 3.05) is 13.7 Å². The minimum absolute atomic E-state index is 0.731. The Morgan fingerprint density at radius 2 is 2.25 bits per heavy atom. The minimum atomic E-state index is 0.731. The van der Waals surface area contributed by atoms with Crippen molar-refractivity contribution in [3.63, 3.8) is 0 Å². The molecule has 90 valence electrons. The molecule has 16 heavy (non-hydrogen) atoms. The molecule has 1 heterocycles. The molecule has 0 amide bonds. The average molecular weight is 223 g/mol. The monoisotopic (exact) mass is 223 g/mol. The Bertz CT molecular complexity index is 305. The summed E-state index contributed by atoms with van der Waals surface area (Å²) in [5, 5.41) is 8.17. The Hall–Kier alpha value is -0.900. The van der Waals surface area contributed by atoms with Crippen LogP contribution in [0.3, 0.4) is 0 Å². The zero-order valence-electron chi connectivity index (χ0n) is 10.1. The Kier molecular flexibility index (Phi) is 4.34. The smallest absolute Gasteiger partial charge is 0.132 e. The maximum Gasteiger partial charge on any atom is 0.132 e. The maximum atomic E-state index is 5.07. The van der Waals surface area contributed by atoms with Crippen LogP contribution in [-0.4, -0.2) is 28.5 Å². The molecule has 0 radical (unpaired) electrons. The molecule has 0 atom stereocenters. The molecular weight excluding hydrogens is 202 g/mol. The topological polar surface area (TPSA) is 39.9 Å². The number of hydrogen-bond acceptors (Lipinski definition) is 3. The van der Waals surface area contributed by atoms with E-state index in [2.05, 4.69) is 14.8 Å². The molecule has 0 unspecified atom stereocenters. The van der Waals surface area contributed by atoms with Crippen LogP contribution in [0.5, 0.6) is 0 Å². The lowest BCUT2D eigenvalue weighted by molar-refractivity contribution is 0.186. The third-order valence-corrected chi connectivity index (χ3v) is 3.48. The molecule has 0 bridgehead atoms. The zero-order valence-corrected chi connectivity index (χ0v) is 10.1. The Morgan fingerprint density at radius 3 is 3.00 bits per heavy atom. The van der Waals surface area contributed by atoms with Gasteiger partial charge in [-0.15, -0.1) is 10.2 Å². The number of aromatic nitrogens is 3. The van der Waals surface area contributed by atoms with Crippen LogP contribution >= 0.6 is 0 Å². The molecule has 1 saturated carbocycles. The number of rotatable bonds is 6. The van der Waals surface area contributed by atoms with Gasteiger partial charge in [0.05, 0.1) is 6.61 Å². The molecule has 0 aromatic carbocycles. The van der Waals surface area contributed by atoms with E-state index in [4.69, 9.17) is 4.74 Å². The van der Waals surface area contributed by atoms with Crippen LogP contribution < -0.4 is 0 Å². The van der Waals surface area contributed by atoms with Gasteiger partial charge in [0.15, 0.2) is 0 Å². The van der Waals surface area contributed by atoms with Crippen LogP contribution in [0.1, 0.15) is 37.9 Å². The highest BCUT2D eigenvalue weighted by molar-refractivity contribution is 4.87. The van der Waals surface area contributed by atoms with E-state index < -0.39 is 0 Å². The lowest BCUT2D eigenvalue weighted by Gasteiger charge is -2.09. The second-order valence-electron chi connectivity index (χ2n) is 4.62.